The molecular formula is C34H47N3O11. The summed E-state index contributed by atoms with van der Waals surface area (Å²) in [7, 11) is 1.70. The van der Waals surface area contributed by atoms with E-state index < -0.39 is 29.5 Å². The van der Waals surface area contributed by atoms with Crippen LogP contribution in [0.4, 0.5) is 10.5 Å². The summed E-state index contributed by atoms with van der Waals surface area (Å²) in [5.41, 5.74) is 1.92. The minimum Gasteiger partial charge on any atom is -0.490 e. The number of fused-ring (bicyclic) bond motifs is 1. The van der Waals surface area contributed by atoms with Gasteiger partial charge in [0.05, 0.1) is 57.4 Å². The third-order valence-electron chi connectivity index (χ3n) is 8.76. The Labute approximate surface area is 280 Å². The van der Waals surface area contributed by atoms with Crippen LogP contribution in [0.1, 0.15) is 44.1 Å². The summed E-state index contributed by atoms with van der Waals surface area (Å²) in [6, 6.07) is 15.7. The van der Waals surface area contributed by atoms with Gasteiger partial charge in [0.25, 0.3) is 5.09 Å². The lowest BCUT2D eigenvalue weighted by molar-refractivity contribution is -0.757. The van der Waals surface area contributed by atoms with Crippen molar-refractivity contribution in [2.24, 2.45) is 0 Å². The molecule has 48 heavy (non-hydrogen) atoms. The average molecular weight is 674 g/mol. The Balaban J connectivity index is 1.21. The molecule has 0 radical (unpaired) electrons. The van der Waals surface area contributed by atoms with E-state index in [9.17, 15) is 20.0 Å². The molecule has 1 saturated heterocycles. The van der Waals surface area contributed by atoms with Crippen LogP contribution >= 0.6 is 0 Å². The number of aliphatic hydroxyl groups excluding tert-OH is 1. The summed E-state index contributed by atoms with van der Waals surface area (Å²) in [5.74, 6) is 1.67. The lowest BCUT2D eigenvalue weighted by Gasteiger charge is -2.43. The number of anilines is 1. The molecule has 1 saturated carbocycles. The SMILES string of the molecule is COCCCN1CCOc2ccc(COC3CN(C(=O)OCCCO[N+](=O)[O-])CC(O)C3OC3CCC(Oc4ccccc4)CC3)cc21. The zero-order valence-electron chi connectivity index (χ0n) is 27.5. The van der Waals surface area contributed by atoms with Crippen LogP contribution in [0.2, 0.25) is 0 Å². The Bertz CT molecular complexity index is 1290. The normalized spacial score (nSPS) is 23.9. The maximum absolute atomic E-state index is 12.9. The molecule has 1 amide bonds. The standard InChI is InChI=1S/C34H47N3O11/c1-42-17-5-15-35-16-20-43-31-14-9-25(21-29(31)35)24-45-32-23-36(34(39)44-18-6-19-46-37(40)41)22-30(38)33(32)48-28-12-10-27(11-13-28)47-26-7-3-2-4-8-26/h2-4,7-9,14,21,27-28,30,32-33,38H,5-6,10-13,15-20,22-24H2,1H3. The molecule has 0 aromatic heterocycles. The highest BCUT2D eigenvalue weighted by Gasteiger charge is 2.42. The number of carbonyl (C=O) groups is 1. The maximum Gasteiger partial charge on any atom is 0.409 e. The van der Waals surface area contributed by atoms with Crippen LogP contribution in [0, 0.1) is 10.1 Å². The number of aliphatic hydroxyl groups is 1. The molecule has 1 aliphatic carbocycles. The molecule has 3 aliphatic rings. The predicted octanol–water partition coefficient (Wildman–Crippen LogP) is 3.99. The van der Waals surface area contributed by atoms with E-state index in [0.29, 0.717) is 13.2 Å². The van der Waals surface area contributed by atoms with Gasteiger partial charge in [-0.25, -0.2) is 4.79 Å². The summed E-state index contributed by atoms with van der Waals surface area (Å²) in [5, 5.41) is 20.8. The molecule has 2 aromatic rings. The monoisotopic (exact) mass is 673 g/mol. The van der Waals surface area contributed by atoms with E-state index in [1.807, 2.05) is 42.5 Å². The molecule has 5 rings (SSSR count). The van der Waals surface area contributed by atoms with Gasteiger partial charge in [-0.3, -0.25) is 0 Å². The third-order valence-corrected chi connectivity index (χ3v) is 8.76. The van der Waals surface area contributed by atoms with Crippen molar-refractivity contribution >= 4 is 11.8 Å². The van der Waals surface area contributed by atoms with Crippen molar-refractivity contribution in [3.05, 3.63) is 64.2 Å². The minimum absolute atomic E-state index is 0.00778. The average Bonchev–Trinajstić information content (AvgIpc) is 3.09. The number of rotatable bonds is 16. The summed E-state index contributed by atoms with van der Waals surface area (Å²) in [4.78, 5) is 31.3. The van der Waals surface area contributed by atoms with Crippen molar-refractivity contribution in [3.63, 3.8) is 0 Å². The van der Waals surface area contributed by atoms with Crippen molar-refractivity contribution in [3.8, 4) is 11.5 Å². The second kappa shape index (κ2) is 18.1. The van der Waals surface area contributed by atoms with Gasteiger partial charge in [0.1, 0.15) is 36.4 Å². The highest BCUT2D eigenvalue weighted by atomic mass is 16.9. The lowest BCUT2D eigenvalue weighted by atomic mass is 9.93. The van der Waals surface area contributed by atoms with E-state index in [2.05, 4.69) is 15.8 Å². The first-order valence-corrected chi connectivity index (χ1v) is 16.7. The van der Waals surface area contributed by atoms with Crippen LogP contribution in [0.5, 0.6) is 11.5 Å². The van der Waals surface area contributed by atoms with Crippen LogP contribution in [0.15, 0.2) is 48.5 Å². The molecule has 3 atom stereocenters. The maximum atomic E-state index is 12.9. The highest BCUT2D eigenvalue weighted by Crippen LogP contribution is 2.34. The van der Waals surface area contributed by atoms with Crippen LogP contribution in [0.25, 0.3) is 0 Å². The third kappa shape index (κ3) is 10.3. The van der Waals surface area contributed by atoms with E-state index in [1.54, 1.807) is 7.11 Å². The molecule has 2 aromatic carbocycles. The fraction of sp³-hybridized carbons (Fsp3) is 0.618. The Morgan fingerprint density at radius 3 is 2.58 bits per heavy atom. The quantitative estimate of drug-likeness (QED) is 0.156. The van der Waals surface area contributed by atoms with Crippen molar-refractivity contribution in [2.75, 3.05) is 64.6 Å². The van der Waals surface area contributed by atoms with Crippen molar-refractivity contribution in [2.45, 2.75) is 75.7 Å². The Morgan fingerprint density at radius 2 is 1.81 bits per heavy atom. The van der Waals surface area contributed by atoms with Gasteiger partial charge < -0.3 is 48.2 Å². The number of hydrogen-bond acceptors (Lipinski definition) is 12. The van der Waals surface area contributed by atoms with Crippen LogP contribution < -0.4 is 14.4 Å². The largest absolute Gasteiger partial charge is 0.490 e. The first kappa shape index (κ1) is 35.5. The first-order valence-electron chi connectivity index (χ1n) is 16.7. The van der Waals surface area contributed by atoms with Crippen molar-refractivity contribution < 1.29 is 48.2 Å². The number of amides is 1. The number of hydrogen-bond donors (Lipinski definition) is 1. The lowest BCUT2D eigenvalue weighted by Crippen LogP contribution is -2.59. The fourth-order valence-electron chi connectivity index (χ4n) is 6.34. The Hall–Kier alpha value is -3.85. The zero-order chi connectivity index (χ0) is 33.7. The Morgan fingerprint density at radius 1 is 1.02 bits per heavy atom. The van der Waals surface area contributed by atoms with E-state index >= 15 is 0 Å². The molecule has 1 N–H and O–H groups in total. The van der Waals surface area contributed by atoms with E-state index in [0.717, 1.165) is 67.9 Å². The van der Waals surface area contributed by atoms with Gasteiger partial charge in [0, 0.05) is 26.7 Å². The topological polar surface area (TPSA) is 152 Å². The fourth-order valence-corrected chi connectivity index (χ4v) is 6.34. The summed E-state index contributed by atoms with van der Waals surface area (Å²) in [6.45, 7) is 3.05. The van der Waals surface area contributed by atoms with E-state index in [1.165, 1.54) is 4.90 Å². The second-order valence-corrected chi connectivity index (χ2v) is 12.3. The van der Waals surface area contributed by atoms with Gasteiger partial charge in [0.2, 0.25) is 0 Å². The number of benzene rings is 2. The molecule has 0 bridgehead atoms. The van der Waals surface area contributed by atoms with Gasteiger partial charge in [-0.2, -0.15) is 0 Å². The molecule has 14 heteroatoms. The smallest absolute Gasteiger partial charge is 0.409 e. The van der Waals surface area contributed by atoms with Crippen LogP contribution in [0.3, 0.4) is 0 Å². The molecule has 264 valence electrons. The second-order valence-electron chi connectivity index (χ2n) is 12.3. The van der Waals surface area contributed by atoms with Gasteiger partial charge in [-0.05, 0) is 61.9 Å². The van der Waals surface area contributed by atoms with Crippen LogP contribution in [-0.4, -0.2) is 111 Å². The number of piperidine rings is 1. The molecule has 14 nitrogen and oxygen atoms in total. The number of ether oxygens (including phenoxy) is 6. The number of β-amino-alcohol motifs (C(OH)–C–C–N with tert-alkyl or cyclic N) is 1. The van der Waals surface area contributed by atoms with Crippen LogP contribution in [-0.2, 0) is 30.4 Å². The van der Waals surface area contributed by atoms with Gasteiger partial charge in [-0.15, -0.1) is 10.1 Å². The summed E-state index contributed by atoms with van der Waals surface area (Å²) >= 11 is 0. The Kier molecular flexibility index (Phi) is 13.3. The summed E-state index contributed by atoms with van der Waals surface area (Å²) in [6.07, 6.45) is 1.30. The van der Waals surface area contributed by atoms with Crippen molar-refractivity contribution in [1.82, 2.24) is 4.90 Å². The van der Waals surface area contributed by atoms with Gasteiger partial charge >= 0.3 is 6.09 Å². The van der Waals surface area contributed by atoms with E-state index in [-0.39, 0.29) is 51.5 Å². The molecule has 3 unspecified atom stereocenters. The number of nitrogens with zero attached hydrogens (tertiary/aromatic N) is 3. The molecule has 2 aliphatic heterocycles. The number of para-hydroxylation sites is 1. The van der Waals surface area contributed by atoms with Gasteiger partial charge in [0.15, 0.2) is 0 Å². The van der Waals surface area contributed by atoms with Crippen molar-refractivity contribution in [1.29, 1.82) is 0 Å². The highest BCUT2D eigenvalue weighted by molar-refractivity contribution is 5.68. The number of carbonyl (C=O) groups excluding carboxylic acids is 1. The predicted molar refractivity (Wildman–Crippen MR) is 174 cm³/mol. The molecular weight excluding hydrogens is 626 g/mol. The summed E-state index contributed by atoms with van der Waals surface area (Å²) < 4.78 is 35.6. The zero-order valence-corrected chi connectivity index (χ0v) is 27.5. The van der Waals surface area contributed by atoms with E-state index in [4.69, 9.17) is 28.4 Å². The molecule has 2 heterocycles. The molecule has 0 spiro atoms. The minimum atomic E-state index is -1.01. The van der Waals surface area contributed by atoms with Gasteiger partial charge in [-0.1, -0.05) is 24.3 Å². The molecule has 2 fully saturated rings. The first-order chi connectivity index (χ1) is 23.4. The number of likely N-dealkylation sites (tertiary alicyclic amines) is 1. The number of methoxy groups -OCH3 is 1.